The van der Waals surface area contributed by atoms with E-state index in [2.05, 4.69) is 15.2 Å². The Balaban J connectivity index is 0.000000722. The van der Waals surface area contributed by atoms with Gasteiger partial charge in [0.25, 0.3) is 0 Å². The van der Waals surface area contributed by atoms with Crippen LogP contribution < -0.4 is 10.2 Å². The van der Waals surface area contributed by atoms with Gasteiger partial charge in [0.15, 0.2) is 0 Å². The molecule has 17 heavy (non-hydrogen) atoms. The maximum Gasteiger partial charge on any atom is 0.135 e. The molecule has 2 saturated heterocycles. The van der Waals surface area contributed by atoms with Gasteiger partial charge >= 0.3 is 0 Å². The van der Waals surface area contributed by atoms with Crippen molar-refractivity contribution in [3.63, 3.8) is 0 Å². The van der Waals surface area contributed by atoms with Gasteiger partial charge in [-0.1, -0.05) is 0 Å². The second kappa shape index (κ2) is 5.76. The Morgan fingerprint density at radius 3 is 2.41 bits per heavy atom. The van der Waals surface area contributed by atoms with Crippen molar-refractivity contribution in [1.82, 2.24) is 10.3 Å². The van der Waals surface area contributed by atoms with Gasteiger partial charge in [0.05, 0.1) is 18.1 Å². The fourth-order valence-electron chi connectivity index (χ4n) is 2.66. The second-order valence-electron chi connectivity index (χ2n) is 4.48. The Kier molecular flexibility index (Phi) is 4.86. The zero-order valence-corrected chi connectivity index (χ0v) is 11.0. The largest absolute Gasteiger partial charge is 0.506 e. The number of halogens is 2. The lowest BCUT2D eigenvalue weighted by atomic mass is 10.0. The average Bonchev–Trinajstić information content (AvgIpc) is 2.76. The number of rotatable bonds is 1. The first kappa shape index (κ1) is 14.4. The van der Waals surface area contributed by atoms with Crippen LogP contribution in [0.1, 0.15) is 0 Å². The second-order valence-corrected chi connectivity index (χ2v) is 4.48. The summed E-state index contributed by atoms with van der Waals surface area (Å²) in [7, 11) is 0. The quantitative estimate of drug-likeness (QED) is 0.812. The summed E-state index contributed by atoms with van der Waals surface area (Å²) in [5.41, 5.74) is 1.05. The predicted molar refractivity (Wildman–Crippen MR) is 72.5 cm³/mol. The number of aromatic hydroxyl groups is 1. The van der Waals surface area contributed by atoms with E-state index >= 15 is 0 Å². The van der Waals surface area contributed by atoms with E-state index in [0.717, 1.165) is 43.7 Å². The molecule has 1 aromatic heterocycles. The topological polar surface area (TPSA) is 48.4 Å². The van der Waals surface area contributed by atoms with Crippen LogP contribution in [-0.4, -0.2) is 36.3 Å². The molecule has 0 radical (unpaired) electrons. The SMILES string of the molecule is Cl.Cl.Oc1cncc(N2CC3CNCC3C2)c1. The summed E-state index contributed by atoms with van der Waals surface area (Å²) in [6.45, 7) is 4.44. The van der Waals surface area contributed by atoms with Gasteiger partial charge in [0, 0.05) is 32.2 Å². The molecule has 0 aromatic carbocycles. The minimum absolute atomic E-state index is 0. The fraction of sp³-hybridized carbons (Fsp3) is 0.545. The number of aromatic nitrogens is 1. The molecule has 4 nitrogen and oxygen atoms in total. The zero-order valence-electron chi connectivity index (χ0n) is 9.37. The van der Waals surface area contributed by atoms with Crippen molar-refractivity contribution in [2.45, 2.75) is 0 Å². The highest BCUT2D eigenvalue weighted by Gasteiger charge is 2.36. The molecule has 2 fully saturated rings. The lowest BCUT2D eigenvalue weighted by Gasteiger charge is -2.19. The fourth-order valence-corrected chi connectivity index (χ4v) is 2.66. The van der Waals surface area contributed by atoms with Crippen molar-refractivity contribution in [3.05, 3.63) is 18.5 Å². The summed E-state index contributed by atoms with van der Waals surface area (Å²) in [5.74, 6) is 1.79. The van der Waals surface area contributed by atoms with Crippen molar-refractivity contribution in [1.29, 1.82) is 0 Å². The average molecular weight is 278 g/mol. The van der Waals surface area contributed by atoms with Crippen LogP contribution in [0.2, 0.25) is 0 Å². The van der Waals surface area contributed by atoms with Crippen LogP contribution in [0.15, 0.2) is 18.5 Å². The Bertz CT molecular complexity index is 365. The van der Waals surface area contributed by atoms with Crippen LogP contribution in [0.25, 0.3) is 0 Å². The number of nitrogens with zero attached hydrogens (tertiary/aromatic N) is 2. The summed E-state index contributed by atoms with van der Waals surface area (Å²) in [6.07, 6.45) is 3.30. The Labute approximate surface area is 113 Å². The third-order valence-electron chi connectivity index (χ3n) is 3.46. The molecule has 0 amide bonds. The molecule has 2 aliphatic heterocycles. The van der Waals surface area contributed by atoms with E-state index in [1.54, 1.807) is 6.07 Å². The normalized spacial score (nSPS) is 26.0. The minimum atomic E-state index is 0. The Hall–Kier alpha value is -0.710. The summed E-state index contributed by atoms with van der Waals surface area (Å²) >= 11 is 0. The lowest BCUT2D eigenvalue weighted by Crippen LogP contribution is -2.25. The molecule has 3 rings (SSSR count). The number of pyridine rings is 1. The van der Waals surface area contributed by atoms with Gasteiger partial charge in [-0.05, 0) is 11.8 Å². The van der Waals surface area contributed by atoms with E-state index in [9.17, 15) is 5.11 Å². The molecule has 1 aromatic rings. The molecular weight excluding hydrogens is 261 g/mol. The molecular formula is C11H17Cl2N3O. The van der Waals surface area contributed by atoms with E-state index in [-0.39, 0.29) is 30.6 Å². The first-order chi connectivity index (χ1) is 7.33. The first-order valence-corrected chi connectivity index (χ1v) is 5.42. The lowest BCUT2D eigenvalue weighted by molar-refractivity contribution is 0.472. The van der Waals surface area contributed by atoms with Crippen LogP contribution in [0, 0.1) is 11.8 Å². The van der Waals surface area contributed by atoms with Gasteiger partial charge < -0.3 is 15.3 Å². The van der Waals surface area contributed by atoms with Gasteiger partial charge in [-0.25, -0.2) is 0 Å². The highest BCUT2D eigenvalue weighted by atomic mass is 35.5. The van der Waals surface area contributed by atoms with Crippen molar-refractivity contribution in [2.24, 2.45) is 11.8 Å². The van der Waals surface area contributed by atoms with Crippen LogP contribution >= 0.6 is 24.8 Å². The summed E-state index contributed by atoms with van der Waals surface area (Å²) in [5, 5.41) is 12.8. The van der Waals surface area contributed by atoms with Crippen LogP contribution in [0.5, 0.6) is 5.75 Å². The van der Waals surface area contributed by atoms with E-state index < -0.39 is 0 Å². The number of hydrogen-bond donors (Lipinski definition) is 2. The number of hydrogen-bond acceptors (Lipinski definition) is 4. The predicted octanol–water partition coefficient (Wildman–Crippen LogP) is 1.29. The zero-order chi connectivity index (χ0) is 10.3. The van der Waals surface area contributed by atoms with Gasteiger partial charge in [-0.3, -0.25) is 4.98 Å². The molecule has 2 unspecified atom stereocenters. The van der Waals surface area contributed by atoms with Gasteiger partial charge in [-0.15, -0.1) is 24.8 Å². The summed E-state index contributed by atoms with van der Waals surface area (Å²) in [6, 6.07) is 1.79. The van der Waals surface area contributed by atoms with E-state index in [4.69, 9.17) is 0 Å². The number of fused-ring (bicyclic) bond motifs is 1. The molecule has 6 heteroatoms. The van der Waals surface area contributed by atoms with Crippen LogP contribution in [-0.2, 0) is 0 Å². The number of nitrogens with one attached hydrogen (secondary N) is 1. The van der Waals surface area contributed by atoms with Gasteiger partial charge in [0.1, 0.15) is 5.75 Å². The molecule has 96 valence electrons. The minimum Gasteiger partial charge on any atom is -0.506 e. The molecule has 2 N–H and O–H groups in total. The van der Waals surface area contributed by atoms with Crippen molar-refractivity contribution < 1.29 is 5.11 Å². The smallest absolute Gasteiger partial charge is 0.135 e. The first-order valence-electron chi connectivity index (χ1n) is 5.42. The molecule has 0 saturated carbocycles. The Morgan fingerprint density at radius 1 is 1.18 bits per heavy atom. The maximum atomic E-state index is 9.37. The molecule has 0 spiro atoms. The highest BCUT2D eigenvalue weighted by molar-refractivity contribution is 5.85. The highest BCUT2D eigenvalue weighted by Crippen LogP contribution is 2.30. The molecule has 0 bridgehead atoms. The van der Waals surface area contributed by atoms with Crippen molar-refractivity contribution in [2.75, 3.05) is 31.1 Å². The number of anilines is 1. The summed E-state index contributed by atoms with van der Waals surface area (Å²) in [4.78, 5) is 6.34. The Morgan fingerprint density at radius 2 is 1.82 bits per heavy atom. The van der Waals surface area contributed by atoms with E-state index in [1.165, 1.54) is 6.20 Å². The maximum absolute atomic E-state index is 9.37. The third-order valence-corrected chi connectivity index (χ3v) is 3.46. The van der Waals surface area contributed by atoms with Gasteiger partial charge in [0.2, 0.25) is 0 Å². The van der Waals surface area contributed by atoms with Crippen LogP contribution in [0.3, 0.4) is 0 Å². The van der Waals surface area contributed by atoms with Crippen LogP contribution in [0.4, 0.5) is 5.69 Å². The molecule has 2 atom stereocenters. The molecule has 2 aliphatic rings. The monoisotopic (exact) mass is 277 g/mol. The summed E-state index contributed by atoms with van der Waals surface area (Å²) < 4.78 is 0. The standard InChI is InChI=1S/C11H15N3O.2ClH/c15-11-1-10(4-13-5-11)14-6-8-2-12-3-9(8)7-14;;/h1,4-5,8-9,12,15H,2-3,6-7H2;2*1H. The molecule has 3 heterocycles. The third kappa shape index (κ3) is 2.76. The van der Waals surface area contributed by atoms with Crippen molar-refractivity contribution in [3.8, 4) is 5.75 Å². The van der Waals surface area contributed by atoms with Gasteiger partial charge in [-0.2, -0.15) is 0 Å². The molecule has 0 aliphatic carbocycles. The van der Waals surface area contributed by atoms with E-state index in [1.807, 2.05) is 6.20 Å². The van der Waals surface area contributed by atoms with E-state index in [0.29, 0.717) is 0 Å². The van der Waals surface area contributed by atoms with Crippen molar-refractivity contribution >= 4 is 30.5 Å².